The second kappa shape index (κ2) is 5.40. The molecule has 0 fully saturated rings. The van der Waals surface area contributed by atoms with E-state index in [1.54, 1.807) is 6.26 Å². The fourth-order valence-corrected chi connectivity index (χ4v) is 3.36. The monoisotopic (exact) mass is 275 g/mol. The molecule has 1 heterocycles. The van der Waals surface area contributed by atoms with Crippen molar-refractivity contribution in [2.45, 2.75) is 37.6 Å². The van der Waals surface area contributed by atoms with Crippen LogP contribution in [0.2, 0.25) is 5.22 Å². The Balaban J connectivity index is 1.80. The molecule has 0 amide bonds. The van der Waals surface area contributed by atoms with Crippen LogP contribution >= 0.6 is 11.6 Å². The van der Waals surface area contributed by atoms with Crippen LogP contribution in [0.3, 0.4) is 0 Å². The van der Waals surface area contributed by atoms with Gasteiger partial charge < -0.3 is 10.2 Å². The number of rotatable bonds is 3. The summed E-state index contributed by atoms with van der Waals surface area (Å²) >= 11 is 6.01. The number of aryl methyl sites for hydroxylation is 1. The van der Waals surface area contributed by atoms with Crippen LogP contribution in [0.5, 0.6) is 0 Å². The predicted molar refractivity (Wildman–Crippen MR) is 77.4 cm³/mol. The number of hydrogen-bond acceptors (Lipinski definition) is 2. The molecule has 3 rings (SSSR count). The molecule has 2 N–H and O–H groups in total. The molecule has 0 saturated heterocycles. The third kappa shape index (κ3) is 2.56. The van der Waals surface area contributed by atoms with E-state index >= 15 is 0 Å². The molecule has 1 aliphatic rings. The van der Waals surface area contributed by atoms with Gasteiger partial charge in [0.15, 0.2) is 5.22 Å². The molecule has 3 heteroatoms. The van der Waals surface area contributed by atoms with Crippen molar-refractivity contribution in [3.8, 4) is 0 Å². The molecule has 100 valence electrons. The maximum absolute atomic E-state index is 6.28. The van der Waals surface area contributed by atoms with E-state index in [4.69, 9.17) is 21.8 Å². The number of halogens is 1. The number of fused-ring (bicyclic) bond motifs is 1. The van der Waals surface area contributed by atoms with Crippen molar-refractivity contribution in [3.05, 3.63) is 58.5 Å². The lowest BCUT2D eigenvalue weighted by Crippen LogP contribution is -2.17. The first-order valence-corrected chi connectivity index (χ1v) is 7.20. The van der Waals surface area contributed by atoms with E-state index in [1.807, 2.05) is 6.07 Å². The number of hydrogen-bond donors (Lipinski definition) is 1. The normalized spacial score (nSPS) is 20.0. The van der Waals surface area contributed by atoms with Gasteiger partial charge in [0.25, 0.3) is 0 Å². The zero-order valence-electron chi connectivity index (χ0n) is 10.8. The lowest BCUT2D eigenvalue weighted by molar-refractivity contribution is 0.472. The Morgan fingerprint density at radius 1 is 1.32 bits per heavy atom. The molecule has 2 aromatic rings. The summed E-state index contributed by atoms with van der Waals surface area (Å²) < 4.78 is 5.13. The van der Waals surface area contributed by atoms with E-state index in [9.17, 15) is 0 Å². The van der Waals surface area contributed by atoms with Crippen molar-refractivity contribution in [1.82, 2.24) is 0 Å². The van der Waals surface area contributed by atoms with Crippen molar-refractivity contribution < 1.29 is 4.42 Å². The molecule has 19 heavy (non-hydrogen) atoms. The van der Waals surface area contributed by atoms with Crippen molar-refractivity contribution in [2.75, 3.05) is 0 Å². The summed E-state index contributed by atoms with van der Waals surface area (Å²) in [6, 6.07) is 10.5. The van der Waals surface area contributed by atoms with Gasteiger partial charge in [0.2, 0.25) is 0 Å². The van der Waals surface area contributed by atoms with E-state index < -0.39 is 0 Å². The van der Waals surface area contributed by atoms with Crippen LogP contribution in [0, 0.1) is 0 Å². The zero-order chi connectivity index (χ0) is 13.2. The van der Waals surface area contributed by atoms with E-state index in [0.29, 0.717) is 11.1 Å². The molecule has 0 spiro atoms. The first-order chi connectivity index (χ1) is 9.25. The standard InChI is InChI=1S/C16H18ClNO/c17-16-14(8-9-19-16)15(18)10-12-6-3-5-11-4-1-2-7-13(11)12/h1-2,4,7-9,12,15H,3,5-6,10,18H2. The summed E-state index contributed by atoms with van der Waals surface area (Å²) in [7, 11) is 0. The van der Waals surface area contributed by atoms with Gasteiger partial charge >= 0.3 is 0 Å². The van der Waals surface area contributed by atoms with Crippen LogP contribution < -0.4 is 5.73 Å². The van der Waals surface area contributed by atoms with Crippen molar-refractivity contribution in [3.63, 3.8) is 0 Å². The minimum Gasteiger partial charge on any atom is -0.453 e. The molecule has 0 saturated carbocycles. The number of benzene rings is 1. The second-order valence-electron chi connectivity index (χ2n) is 5.28. The van der Waals surface area contributed by atoms with E-state index in [1.165, 1.54) is 30.4 Å². The van der Waals surface area contributed by atoms with Gasteiger partial charge in [-0.05, 0) is 60.4 Å². The maximum Gasteiger partial charge on any atom is 0.197 e. The zero-order valence-corrected chi connectivity index (χ0v) is 11.6. The Hall–Kier alpha value is -1.25. The summed E-state index contributed by atoms with van der Waals surface area (Å²) in [5.41, 5.74) is 10.1. The highest BCUT2D eigenvalue weighted by Gasteiger charge is 2.23. The second-order valence-corrected chi connectivity index (χ2v) is 5.62. The number of furan rings is 1. The molecule has 2 unspecified atom stereocenters. The highest BCUT2D eigenvalue weighted by Crippen LogP contribution is 2.38. The molecule has 0 radical (unpaired) electrons. The minimum atomic E-state index is -0.0533. The van der Waals surface area contributed by atoms with Gasteiger partial charge in [0.05, 0.1) is 6.26 Å². The van der Waals surface area contributed by atoms with Crippen molar-refractivity contribution in [1.29, 1.82) is 0 Å². The summed E-state index contributed by atoms with van der Waals surface area (Å²) in [6.07, 6.45) is 6.17. The Bertz CT molecular complexity index is 563. The minimum absolute atomic E-state index is 0.0533. The van der Waals surface area contributed by atoms with Gasteiger partial charge in [-0.2, -0.15) is 0 Å². The highest BCUT2D eigenvalue weighted by atomic mass is 35.5. The molecule has 1 aromatic carbocycles. The largest absolute Gasteiger partial charge is 0.453 e. The van der Waals surface area contributed by atoms with Crippen molar-refractivity contribution >= 4 is 11.6 Å². The average molecular weight is 276 g/mol. The van der Waals surface area contributed by atoms with E-state index in [2.05, 4.69) is 24.3 Å². The Morgan fingerprint density at radius 3 is 2.95 bits per heavy atom. The van der Waals surface area contributed by atoms with Crippen LogP contribution in [-0.4, -0.2) is 0 Å². The summed E-state index contributed by atoms with van der Waals surface area (Å²) in [4.78, 5) is 0. The smallest absolute Gasteiger partial charge is 0.197 e. The first-order valence-electron chi connectivity index (χ1n) is 6.82. The summed E-state index contributed by atoms with van der Waals surface area (Å²) in [5, 5.41) is 0.427. The van der Waals surface area contributed by atoms with Crippen LogP contribution in [-0.2, 0) is 6.42 Å². The van der Waals surface area contributed by atoms with Crippen molar-refractivity contribution in [2.24, 2.45) is 5.73 Å². The van der Waals surface area contributed by atoms with Crippen LogP contribution in [0.1, 0.15) is 47.9 Å². The molecule has 2 nitrogen and oxygen atoms in total. The highest BCUT2D eigenvalue weighted by molar-refractivity contribution is 6.29. The van der Waals surface area contributed by atoms with E-state index in [-0.39, 0.29) is 6.04 Å². The van der Waals surface area contributed by atoms with Crippen LogP contribution in [0.4, 0.5) is 0 Å². The fourth-order valence-electron chi connectivity index (χ4n) is 3.10. The topological polar surface area (TPSA) is 39.2 Å². The molecule has 1 aromatic heterocycles. The molecule has 1 aliphatic carbocycles. The van der Waals surface area contributed by atoms with Gasteiger partial charge in [0, 0.05) is 11.6 Å². The quantitative estimate of drug-likeness (QED) is 0.899. The molecule has 0 bridgehead atoms. The first kappa shape index (κ1) is 12.8. The fraction of sp³-hybridized carbons (Fsp3) is 0.375. The third-order valence-electron chi connectivity index (χ3n) is 4.08. The Kier molecular flexibility index (Phi) is 3.63. The van der Waals surface area contributed by atoms with Gasteiger partial charge in [-0.15, -0.1) is 0 Å². The summed E-state index contributed by atoms with van der Waals surface area (Å²) in [6.45, 7) is 0. The third-order valence-corrected chi connectivity index (χ3v) is 4.38. The Labute approximate surface area is 118 Å². The lowest BCUT2D eigenvalue weighted by atomic mass is 9.79. The molecular formula is C16H18ClNO. The van der Waals surface area contributed by atoms with Gasteiger partial charge in [-0.25, -0.2) is 0 Å². The Morgan fingerprint density at radius 2 is 2.16 bits per heavy atom. The van der Waals surface area contributed by atoms with E-state index in [0.717, 1.165) is 12.0 Å². The van der Waals surface area contributed by atoms with Gasteiger partial charge in [-0.3, -0.25) is 0 Å². The number of nitrogens with two attached hydrogens (primary N) is 1. The van der Waals surface area contributed by atoms with Gasteiger partial charge in [0.1, 0.15) is 0 Å². The molecule has 2 atom stereocenters. The maximum atomic E-state index is 6.28. The summed E-state index contributed by atoms with van der Waals surface area (Å²) in [5.74, 6) is 0.533. The lowest BCUT2D eigenvalue weighted by Gasteiger charge is -2.27. The average Bonchev–Trinajstić information content (AvgIpc) is 2.85. The molecule has 0 aliphatic heterocycles. The molecular weight excluding hydrogens is 258 g/mol. The van der Waals surface area contributed by atoms with Crippen LogP contribution in [0.15, 0.2) is 41.0 Å². The van der Waals surface area contributed by atoms with Gasteiger partial charge in [-0.1, -0.05) is 24.3 Å². The SMILES string of the molecule is NC(CC1CCCc2ccccc21)c1ccoc1Cl. The van der Waals surface area contributed by atoms with Crippen LogP contribution in [0.25, 0.3) is 0 Å². The predicted octanol–water partition coefficient (Wildman–Crippen LogP) is 4.44.